The topological polar surface area (TPSA) is 12.9 Å². The normalized spacial score (nSPS) is 10.8. The van der Waals surface area contributed by atoms with Crippen LogP contribution in [-0.4, -0.2) is 4.98 Å². The fraction of sp³-hybridized carbons (Fsp3) is 0. The molecule has 0 atom stereocenters. The summed E-state index contributed by atoms with van der Waals surface area (Å²) >= 11 is 12.4. The van der Waals surface area contributed by atoms with E-state index >= 15 is 0 Å². The first kappa shape index (κ1) is 11.5. The fourth-order valence-electron chi connectivity index (χ4n) is 1.95. The monoisotopic (exact) mass is 273 g/mol. The number of nitrogens with zero attached hydrogens (tertiary/aromatic N) is 1. The molecule has 0 N–H and O–H groups in total. The molecule has 3 rings (SSSR count). The molecular formula is C15H9Cl2N. The zero-order chi connectivity index (χ0) is 12.5. The van der Waals surface area contributed by atoms with Gasteiger partial charge in [0.25, 0.3) is 0 Å². The van der Waals surface area contributed by atoms with E-state index in [0.717, 1.165) is 22.2 Å². The third-order valence-corrected chi connectivity index (χ3v) is 3.42. The lowest BCUT2D eigenvalue weighted by Gasteiger charge is -2.06. The van der Waals surface area contributed by atoms with E-state index in [1.165, 1.54) is 0 Å². The number of fused-ring (bicyclic) bond motifs is 1. The van der Waals surface area contributed by atoms with Gasteiger partial charge in [0.05, 0.1) is 21.3 Å². The summed E-state index contributed by atoms with van der Waals surface area (Å²) in [5.41, 5.74) is 2.71. The molecule has 0 radical (unpaired) electrons. The summed E-state index contributed by atoms with van der Waals surface area (Å²) in [6.45, 7) is 0. The van der Waals surface area contributed by atoms with Crippen LogP contribution in [0.4, 0.5) is 0 Å². The molecule has 2 aromatic carbocycles. The largest absolute Gasteiger partial charge is 0.248 e. The molecule has 1 heterocycles. The number of hydrogen-bond donors (Lipinski definition) is 0. The summed E-state index contributed by atoms with van der Waals surface area (Å²) in [7, 11) is 0. The fourth-order valence-corrected chi connectivity index (χ4v) is 2.58. The van der Waals surface area contributed by atoms with Crippen LogP contribution in [0.5, 0.6) is 0 Å². The molecule has 18 heavy (non-hydrogen) atoms. The van der Waals surface area contributed by atoms with Gasteiger partial charge in [-0.2, -0.15) is 0 Å². The molecule has 1 nitrogen and oxygen atoms in total. The molecule has 0 saturated carbocycles. The maximum absolute atomic E-state index is 6.29. The zero-order valence-corrected chi connectivity index (χ0v) is 10.9. The van der Waals surface area contributed by atoms with Crippen molar-refractivity contribution in [2.75, 3.05) is 0 Å². The van der Waals surface area contributed by atoms with Crippen molar-refractivity contribution in [3.05, 3.63) is 64.6 Å². The van der Waals surface area contributed by atoms with Gasteiger partial charge in [-0.1, -0.05) is 59.6 Å². The molecule has 1 aromatic heterocycles. The summed E-state index contributed by atoms with van der Waals surface area (Å²) in [6, 6.07) is 17.4. The minimum Gasteiger partial charge on any atom is -0.248 e. The Hall–Kier alpha value is -1.57. The van der Waals surface area contributed by atoms with Gasteiger partial charge < -0.3 is 0 Å². The predicted molar refractivity (Wildman–Crippen MR) is 77.2 cm³/mol. The van der Waals surface area contributed by atoms with E-state index in [1.54, 1.807) is 0 Å². The smallest absolute Gasteiger partial charge is 0.0739 e. The Kier molecular flexibility index (Phi) is 2.94. The van der Waals surface area contributed by atoms with Gasteiger partial charge in [0.15, 0.2) is 0 Å². The quantitative estimate of drug-likeness (QED) is 0.593. The van der Waals surface area contributed by atoms with Crippen LogP contribution < -0.4 is 0 Å². The molecule has 0 saturated heterocycles. The van der Waals surface area contributed by atoms with Crippen molar-refractivity contribution in [2.24, 2.45) is 0 Å². The van der Waals surface area contributed by atoms with Crippen molar-refractivity contribution in [3.8, 4) is 11.3 Å². The van der Waals surface area contributed by atoms with Crippen LogP contribution >= 0.6 is 23.2 Å². The van der Waals surface area contributed by atoms with Gasteiger partial charge in [-0.3, -0.25) is 0 Å². The maximum Gasteiger partial charge on any atom is 0.0739 e. The van der Waals surface area contributed by atoms with E-state index < -0.39 is 0 Å². The van der Waals surface area contributed by atoms with Crippen LogP contribution in [0.2, 0.25) is 10.0 Å². The minimum absolute atomic E-state index is 0.629. The van der Waals surface area contributed by atoms with Gasteiger partial charge in [-0.25, -0.2) is 4.98 Å². The predicted octanol–water partition coefficient (Wildman–Crippen LogP) is 5.21. The summed E-state index contributed by atoms with van der Waals surface area (Å²) in [6.07, 6.45) is 0. The molecule has 0 fully saturated rings. The molecule has 88 valence electrons. The van der Waals surface area contributed by atoms with Crippen LogP contribution in [0.25, 0.3) is 22.2 Å². The third kappa shape index (κ3) is 1.96. The average Bonchev–Trinajstić information content (AvgIpc) is 2.39. The zero-order valence-electron chi connectivity index (χ0n) is 9.40. The van der Waals surface area contributed by atoms with E-state index in [-0.39, 0.29) is 0 Å². The van der Waals surface area contributed by atoms with Gasteiger partial charge in [-0.05, 0) is 18.2 Å². The van der Waals surface area contributed by atoms with E-state index in [4.69, 9.17) is 23.2 Å². The number of hydrogen-bond acceptors (Lipinski definition) is 1. The van der Waals surface area contributed by atoms with Crippen LogP contribution in [0, 0.1) is 0 Å². The van der Waals surface area contributed by atoms with Gasteiger partial charge in [0, 0.05) is 10.9 Å². The van der Waals surface area contributed by atoms with Crippen molar-refractivity contribution in [3.63, 3.8) is 0 Å². The number of rotatable bonds is 1. The van der Waals surface area contributed by atoms with Crippen molar-refractivity contribution < 1.29 is 0 Å². The van der Waals surface area contributed by atoms with Crippen molar-refractivity contribution in [1.82, 2.24) is 4.98 Å². The second kappa shape index (κ2) is 4.60. The van der Waals surface area contributed by atoms with E-state index in [9.17, 15) is 0 Å². The Bertz CT molecular complexity index is 708. The highest BCUT2D eigenvalue weighted by Crippen LogP contribution is 2.32. The van der Waals surface area contributed by atoms with E-state index in [0.29, 0.717) is 10.0 Å². The van der Waals surface area contributed by atoms with Crippen LogP contribution in [0.1, 0.15) is 0 Å². The summed E-state index contributed by atoms with van der Waals surface area (Å²) in [5.74, 6) is 0. The Balaban J connectivity index is 2.29. The van der Waals surface area contributed by atoms with Crippen molar-refractivity contribution >= 4 is 34.1 Å². The summed E-state index contributed by atoms with van der Waals surface area (Å²) in [4.78, 5) is 4.60. The van der Waals surface area contributed by atoms with E-state index in [2.05, 4.69) is 4.98 Å². The molecule has 0 unspecified atom stereocenters. The number of aromatic nitrogens is 1. The van der Waals surface area contributed by atoms with Gasteiger partial charge in [0.2, 0.25) is 0 Å². The number of halogens is 2. The standard InChI is InChI=1S/C15H9Cl2N/c16-11-7-4-8-13-15(11)12(17)9-14(18-13)10-5-2-1-3-6-10/h1-9H. The van der Waals surface area contributed by atoms with Gasteiger partial charge in [-0.15, -0.1) is 0 Å². The number of pyridine rings is 1. The minimum atomic E-state index is 0.629. The molecular weight excluding hydrogens is 265 g/mol. The molecule has 3 heteroatoms. The van der Waals surface area contributed by atoms with Crippen molar-refractivity contribution in [1.29, 1.82) is 0 Å². The lowest BCUT2D eigenvalue weighted by Crippen LogP contribution is -1.87. The lowest BCUT2D eigenvalue weighted by molar-refractivity contribution is 1.40. The number of benzene rings is 2. The third-order valence-electron chi connectivity index (χ3n) is 2.80. The summed E-state index contributed by atoms with van der Waals surface area (Å²) < 4.78 is 0. The molecule has 0 amide bonds. The van der Waals surface area contributed by atoms with E-state index in [1.807, 2.05) is 54.6 Å². The van der Waals surface area contributed by atoms with Gasteiger partial charge in [0.1, 0.15) is 0 Å². The molecule has 3 aromatic rings. The first-order valence-electron chi connectivity index (χ1n) is 5.56. The summed E-state index contributed by atoms with van der Waals surface area (Å²) in [5, 5.41) is 2.06. The Labute approximate surface area is 115 Å². The lowest BCUT2D eigenvalue weighted by atomic mass is 10.1. The Morgan fingerprint density at radius 2 is 1.56 bits per heavy atom. The average molecular weight is 274 g/mol. The SMILES string of the molecule is Clc1cccc2nc(-c3ccccc3)cc(Cl)c12. The van der Waals surface area contributed by atoms with Crippen LogP contribution in [0.3, 0.4) is 0 Å². The molecule has 0 aliphatic heterocycles. The maximum atomic E-state index is 6.29. The first-order valence-corrected chi connectivity index (χ1v) is 6.31. The second-order valence-corrected chi connectivity index (χ2v) is 4.80. The molecule has 0 aliphatic carbocycles. The second-order valence-electron chi connectivity index (χ2n) is 3.99. The molecule has 0 aliphatic rings. The highest BCUT2D eigenvalue weighted by molar-refractivity contribution is 6.42. The Morgan fingerprint density at radius 3 is 2.33 bits per heavy atom. The highest BCUT2D eigenvalue weighted by atomic mass is 35.5. The van der Waals surface area contributed by atoms with Crippen LogP contribution in [-0.2, 0) is 0 Å². The first-order chi connectivity index (χ1) is 8.75. The highest BCUT2D eigenvalue weighted by Gasteiger charge is 2.08. The van der Waals surface area contributed by atoms with Crippen molar-refractivity contribution in [2.45, 2.75) is 0 Å². The molecule has 0 spiro atoms. The van der Waals surface area contributed by atoms with Crippen LogP contribution in [0.15, 0.2) is 54.6 Å². The molecule has 0 bridgehead atoms. The Morgan fingerprint density at radius 1 is 0.778 bits per heavy atom. The van der Waals surface area contributed by atoms with Gasteiger partial charge >= 0.3 is 0 Å².